The molecule has 1 atom stereocenters. The van der Waals surface area contributed by atoms with Crippen LogP contribution in [0, 0.1) is 0 Å². The minimum atomic E-state index is -0.756. The number of aliphatic carboxylic acids is 1. The van der Waals surface area contributed by atoms with E-state index in [-0.39, 0.29) is 5.75 Å². The van der Waals surface area contributed by atoms with E-state index in [2.05, 4.69) is 0 Å². The Morgan fingerprint density at radius 1 is 1.41 bits per heavy atom. The van der Waals surface area contributed by atoms with Crippen molar-refractivity contribution >= 4 is 5.97 Å². The Labute approximate surface area is 100 Å². The summed E-state index contributed by atoms with van der Waals surface area (Å²) >= 11 is 0. The third-order valence-corrected chi connectivity index (χ3v) is 3.56. The second kappa shape index (κ2) is 4.37. The Morgan fingerprint density at radius 2 is 2.06 bits per heavy atom. The molecule has 1 aliphatic heterocycles. The average Bonchev–Trinajstić information content (AvgIpc) is 2.65. The quantitative estimate of drug-likeness (QED) is 0.839. The Bertz CT molecular complexity index is 415. The molecule has 0 amide bonds. The molecule has 0 bridgehead atoms. The zero-order valence-electron chi connectivity index (χ0n) is 9.89. The van der Waals surface area contributed by atoms with Crippen molar-refractivity contribution in [3.05, 3.63) is 29.8 Å². The standard InChI is InChI=1S/C13H17NO3/c1-13(12(16)17)7-2-8-14(13)9-10-3-5-11(15)6-4-10/h3-6,15H,2,7-9H2,1H3,(H,16,17). The highest BCUT2D eigenvalue weighted by molar-refractivity contribution is 5.78. The number of hydrogen-bond donors (Lipinski definition) is 2. The number of benzene rings is 1. The molecule has 1 aromatic rings. The van der Waals surface area contributed by atoms with Crippen molar-refractivity contribution < 1.29 is 15.0 Å². The normalized spacial score (nSPS) is 25.0. The maximum Gasteiger partial charge on any atom is 0.323 e. The summed E-state index contributed by atoms with van der Waals surface area (Å²) in [4.78, 5) is 13.3. The first kappa shape index (κ1) is 11.9. The Hall–Kier alpha value is -1.55. The number of hydrogen-bond acceptors (Lipinski definition) is 3. The van der Waals surface area contributed by atoms with E-state index < -0.39 is 11.5 Å². The molecule has 1 heterocycles. The van der Waals surface area contributed by atoms with E-state index in [1.54, 1.807) is 19.1 Å². The third-order valence-electron chi connectivity index (χ3n) is 3.56. The van der Waals surface area contributed by atoms with E-state index in [0.717, 1.165) is 18.5 Å². The van der Waals surface area contributed by atoms with Gasteiger partial charge in [0.2, 0.25) is 0 Å². The number of phenols is 1. The van der Waals surface area contributed by atoms with E-state index in [4.69, 9.17) is 0 Å². The Morgan fingerprint density at radius 3 is 2.65 bits per heavy atom. The van der Waals surface area contributed by atoms with Crippen LogP contribution >= 0.6 is 0 Å². The van der Waals surface area contributed by atoms with E-state index in [0.29, 0.717) is 13.0 Å². The van der Waals surface area contributed by atoms with Gasteiger partial charge in [0.1, 0.15) is 11.3 Å². The topological polar surface area (TPSA) is 60.8 Å². The average molecular weight is 235 g/mol. The summed E-state index contributed by atoms with van der Waals surface area (Å²) in [5.74, 6) is -0.523. The second-order valence-electron chi connectivity index (χ2n) is 4.77. The number of rotatable bonds is 3. The van der Waals surface area contributed by atoms with E-state index in [9.17, 15) is 15.0 Å². The zero-order chi connectivity index (χ0) is 12.5. The molecular weight excluding hydrogens is 218 g/mol. The van der Waals surface area contributed by atoms with Crippen molar-refractivity contribution in [1.82, 2.24) is 4.90 Å². The number of nitrogens with zero attached hydrogens (tertiary/aromatic N) is 1. The molecule has 0 aliphatic carbocycles. The van der Waals surface area contributed by atoms with Gasteiger partial charge in [-0.2, -0.15) is 0 Å². The van der Waals surface area contributed by atoms with Crippen LogP contribution in [0.4, 0.5) is 0 Å². The molecule has 1 fully saturated rings. The molecule has 1 unspecified atom stereocenters. The van der Waals surface area contributed by atoms with Gasteiger partial charge in [-0.1, -0.05) is 12.1 Å². The monoisotopic (exact) mass is 235 g/mol. The number of aromatic hydroxyl groups is 1. The fourth-order valence-electron chi connectivity index (χ4n) is 2.34. The Balaban J connectivity index is 2.13. The smallest absolute Gasteiger partial charge is 0.323 e. The van der Waals surface area contributed by atoms with Crippen LogP contribution in [-0.4, -0.2) is 33.2 Å². The minimum absolute atomic E-state index is 0.233. The number of carbonyl (C=O) groups is 1. The first-order valence-corrected chi connectivity index (χ1v) is 5.79. The number of carboxylic acids is 1. The summed E-state index contributed by atoms with van der Waals surface area (Å²) in [7, 11) is 0. The lowest BCUT2D eigenvalue weighted by Gasteiger charge is -2.31. The first-order chi connectivity index (χ1) is 8.02. The maximum absolute atomic E-state index is 11.3. The predicted octanol–water partition coefficient (Wildman–Crippen LogP) is 1.83. The van der Waals surface area contributed by atoms with Crippen molar-refractivity contribution in [2.24, 2.45) is 0 Å². The van der Waals surface area contributed by atoms with Crippen molar-refractivity contribution in [3.63, 3.8) is 0 Å². The van der Waals surface area contributed by atoms with Gasteiger partial charge in [-0.05, 0) is 44.0 Å². The largest absolute Gasteiger partial charge is 0.508 e. The van der Waals surface area contributed by atoms with Gasteiger partial charge in [0.25, 0.3) is 0 Å². The number of phenolic OH excluding ortho intramolecular Hbond substituents is 1. The van der Waals surface area contributed by atoms with Gasteiger partial charge in [-0.15, -0.1) is 0 Å². The van der Waals surface area contributed by atoms with E-state index in [1.165, 1.54) is 0 Å². The molecule has 0 saturated carbocycles. The summed E-state index contributed by atoms with van der Waals surface area (Å²) in [5.41, 5.74) is 0.273. The summed E-state index contributed by atoms with van der Waals surface area (Å²) in [6.45, 7) is 3.20. The predicted molar refractivity (Wildman–Crippen MR) is 63.8 cm³/mol. The molecular formula is C13H17NO3. The molecule has 1 aliphatic rings. The zero-order valence-corrected chi connectivity index (χ0v) is 9.89. The van der Waals surface area contributed by atoms with Crippen LogP contribution in [0.15, 0.2) is 24.3 Å². The minimum Gasteiger partial charge on any atom is -0.508 e. The lowest BCUT2D eigenvalue weighted by Crippen LogP contribution is -2.47. The molecule has 1 aromatic carbocycles. The highest BCUT2D eigenvalue weighted by Crippen LogP contribution is 2.30. The van der Waals surface area contributed by atoms with Gasteiger partial charge in [-0.3, -0.25) is 9.69 Å². The van der Waals surface area contributed by atoms with Gasteiger partial charge in [0.05, 0.1) is 0 Å². The van der Waals surface area contributed by atoms with Crippen LogP contribution < -0.4 is 0 Å². The Kier molecular flexibility index (Phi) is 3.07. The lowest BCUT2D eigenvalue weighted by molar-refractivity contribution is -0.148. The summed E-state index contributed by atoms with van der Waals surface area (Å²) in [6, 6.07) is 6.92. The molecule has 0 radical (unpaired) electrons. The van der Waals surface area contributed by atoms with Crippen LogP contribution in [0.2, 0.25) is 0 Å². The number of carboxylic acid groups (broad SMARTS) is 1. The highest BCUT2D eigenvalue weighted by Gasteiger charge is 2.42. The first-order valence-electron chi connectivity index (χ1n) is 5.79. The molecule has 1 saturated heterocycles. The van der Waals surface area contributed by atoms with Crippen LogP contribution in [-0.2, 0) is 11.3 Å². The molecule has 0 spiro atoms. The molecule has 2 N–H and O–H groups in total. The van der Waals surface area contributed by atoms with Gasteiger partial charge in [-0.25, -0.2) is 0 Å². The molecule has 4 nitrogen and oxygen atoms in total. The van der Waals surface area contributed by atoms with Crippen LogP contribution in [0.5, 0.6) is 5.75 Å². The fourth-order valence-corrected chi connectivity index (χ4v) is 2.34. The van der Waals surface area contributed by atoms with Gasteiger partial charge < -0.3 is 10.2 Å². The van der Waals surface area contributed by atoms with Crippen molar-refractivity contribution in [2.75, 3.05) is 6.54 Å². The highest BCUT2D eigenvalue weighted by atomic mass is 16.4. The van der Waals surface area contributed by atoms with Crippen LogP contribution in [0.3, 0.4) is 0 Å². The molecule has 4 heteroatoms. The molecule has 2 rings (SSSR count). The van der Waals surface area contributed by atoms with Crippen LogP contribution in [0.25, 0.3) is 0 Å². The second-order valence-corrected chi connectivity index (χ2v) is 4.77. The van der Waals surface area contributed by atoms with Crippen LogP contribution in [0.1, 0.15) is 25.3 Å². The third kappa shape index (κ3) is 2.26. The van der Waals surface area contributed by atoms with Gasteiger partial charge in [0.15, 0.2) is 0 Å². The molecule has 0 aromatic heterocycles. The van der Waals surface area contributed by atoms with E-state index in [1.807, 2.05) is 17.0 Å². The maximum atomic E-state index is 11.3. The molecule has 17 heavy (non-hydrogen) atoms. The van der Waals surface area contributed by atoms with Gasteiger partial charge in [0, 0.05) is 6.54 Å². The lowest BCUT2D eigenvalue weighted by atomic mass is 9.99. The summed E-state index contributed by atoms with van der Waals surface area (Å²) in [6.07, 6.45) is 1.61. The summed E-state index contributed by atoms with van der Waals surface area (Å²) < 4.78 is 0. The SMILES string of the molecule is CC1(C(=O)O)CCCN1Cc1ccc(O)cc1. The van der Waals surface area contributed by atoms with Gasteiger partial charge >= 0.3 is 5.97 Å². The van der Waals surface area contributed by atoms with E-state index >= 15 is 0 Å². The van der Waals surface area contributed by atoms with Crippen molar-refractivity contribution in [1.29, 1.82) is 0 Å². The van der Waals surface area contributed by atoms with Crippen molar-refractivity contribution in [2.45, 2.75) is 31.8 Å². The fraction of sp³-hybridized carbons (Fsp3) is 0.462. The van der Waals surface area contributed by atoms with Crippen molar-refractivity contribution in [3.8, 4) is 5.75 Å². The summed E-state index contributed by atoms with van der Waals surface area (Å²) in [5, 5.41) is 18.5. The number of likely N-dealkylation sites (tertiary alicyclic amines) is 1. The molecule has 92 valence electrons.